The first-order valence-corrected chi connectivity index (χ1v) is 7.75. The molecule has 2 unspecified atom stereocenters. The zero-order valence-corrected chi connectivity index (χ0v) is 13.1. The zero-order valence-electron chi connectivity index (χ0n) is 13.1. The normalized spacial score (nSPS) is 26.4. The molecule has 0 aliphatic carbocycles. The lowest BCUT2D eigenvalue weighted by Gasteiger charge is -2.16. The van der Waals surface area contributed by atoms with E-state index < -0.39 is 31.1 Å². The van der Waals surface area contributed by atoms with E-state index in [1.807, 2.05) is 6.07 Å². The third kappa shape index (κ3) is 2.74. The zero-order chi connectivity index (χ0) is 17.4. The van der Waals surface area contributed by atoms with Gasteiger partial charge >= 0.3 is 0 Å². The summed E-state index contributed by atoms with van der Waals surface area (Å²) in [5.41, 5.74) is 0.929. The number of nitrogens with zero attached hydrogens (tertiary/aromatic N) is 4. The van der Waals surface area contributed by atoms with Crippen LogP contribution in [0, 0.1) is 0 Å². The molecular weight excluding hydrogens is 330 g/mol. The smallest absolute Gasteiger partial charge is 0.167 e. The van der Waals surface area contributed by atoms with E-state index >= 15 is 0 Å². The maximum absolute atomic E-state index is 10.2. The minimum absolute atomic E-state index is 0.397. The van der Waals surface area contributed by atoms with E-state index in [9.17, 15) is 15.3 Å². The van der Waals surface area contributed by atoms with Crippen molar-refractivity contribution in [2.75, 3.05) is 11.9 Å². The van der Waals surface area contributed by atoms with E-state index in [1.165, 1.54) is 17.2 Å². The Balaban J connectivity index is 1.63. The predicted octanol–water partition coefficient (Wildman–Crippen LogP) is -0.357. The molecule has 0 radical (unpaired) electrons. The van der Waals surface area contributed by atoms with Crippen LogP contribution in [0.5, 0.6) is 0 Å². The Hall–Kier alpha value is -2.53. The van der Waals surface area contributed by atoms with Crippen LogP contribution in [-0.4, -0.2) is 59.8 Å². The highest BCUT2D eigenvalue weighted by Crippen LogP contribution is 2.32. The first-order chi connectivity index (χ1) is 12.2. The Kier molecular flexibility index (Phi) is 4.09. The third-order valence-electron chi connectivity index (χ3n) is 4.16. The van der Waals surface area contributed by atoms with Crippen molar-refractivity contribution in [3.05, 3.63) is 36.8 Å². The van der Waals surface area contributed by atoms with Crippen LogP contribution >= 0.6 is 0 Å². The lowest BCUT2D eigenvalue weighted by Crippen LogP contribution is -2.33. The number of furan rings is 1. The van der Waals surface area contributed by atoms with Crippen molar-refractivity contribution in [2.45, 2.75) is 31.1 Å². The van der Waals surface area contributed by atoms with Gasteiger partial charge in [-0.25, -0.2) is 15.0 Å². The van der Waals surface area contributed by atoms with E-state index in [-0.39, 0.29) is 0 Å². The molecule has 0 saturated carbocycles. The quantitative estimate of drug-likeness (QED) is 0.487. The number of ether oxygens (including phenoxy) is 1. The summed E-state index contributed by atoms with van der Waals surface area (Å²) in [4.78, 5) is 12.7. The van der Waals surface area contributed by atoms with E-state index in [0.29, 0.717) is 23.5 Å². The third-order valence-corrected chi connectivity index (χ3v) is 4.16. The first-order valence-electron chi connectivity index (χ1n) is 7.75. The molecule has 10 heteroatoms. The van der Waals surface area contributed by atoms with Gasteiger partial charge in [0.25, 0.3) is 0 Å². The highest BCUT2D eigenvalue weighted by Gasteiger charge is 2.44. The number of imidazole rings is 1. The Morgan fingerprint density at radius 3 is 2.80 bits per heavy atom. The number of aliphatic hydroxyl groups is 3. The SMILES string of the molecule is OC[C@H]1O[C@@H](n2cnc3c(NCc4ccco4)ncnc32)C(O)C1O. The molecule has 132 valence electrons. The number of fused-ring (bicyclic) bond motifs is 1. The van der Waals surface area contributed by atoms with Gasteiger partial charge in [0, 0.05) is 0 Å². The molecule has 1 aliphatic heterocycles. The van der Waals surface area contributed by atoms with Gasteiger partial charge in [0.1, 0.15) is 30.4 Å². The van der Waals surface area contributed by atoms with E-state index in [2.05, 4.69) is 20.3 Å². The van der Waals surface area contributed by atoms with Crippen molar-refractivity contribution < 1.29 is 24.5 Å². The second-order valence-corrected chi connectivity index (χ2v) is 5.71. The largest absolute Gasteiger partial charge is 0.467 e. The molecule has 4 atom stereocenters. The van der Waals surface area contributed by atoms with Crippen molar-refractivity contribution in [3.8, 4) is 0 Å². The average Bonchev–Trinajstić information content (AvgIpc) is 3.34. The number of hydrogen-bond acceptors (Lipinski definition) is 9. The molecule has 0 amide bonds. The summed E-state index contributed by atoms with van der Waals surface area (Å²) >= 11 is 0. The molecule has 4 rings (SSSR count). The van der Waals surface area contributed by atoms with Crippen LogP contribution in [0.4, 0.5) is 5.82 Å². The van der Waals surface area contributed by atoms with Crippen LogP contribution < -0.4 is 5.32 Å². The lowest BCUT2D eigenvalue weighted by atomic mass is 10.1. The first kappa shape index (κ1) is 16.0. The molecule has 0 bridgehead atoms. The van der Waals surface area contributed by atoms with Gasteiger partial charge in [-0.05, 0) is 12.1 Å². The number of aliphatic hydroxyl groups excluding tert-OH is 3. The summed E-state index contributed by atoms with van der Waals surface area (Å²) in [7, 11) is 0. The molecule has 3 aromatic rings. The van der Waals surface area contributed by atoms with Gasteiger partial charge in [-0.3, -0.25) is 4.57 Å². The maximum atomic E-state index is 10.2. The van der Waals surface area contributed by atoms with Gasteiger partial charge in [-0.15, -0.1) is 0 Å². The minimum Gasteiger partial charge on any atom is -0.467 e. The summed E-state index contributed by atoms with van der Waals surface area (Å²) < 4.78 is 12.3. The maximum Gasteiger partial charge on any atom is 0.167 e. The number of anilines is 1. The topological polar surface area (TPSA) is 139 Å². The average molecular weight is 347 g/mol. The fourth-order valence-corrected chi connectivity index (χ4v) is 2.86. The molecule has 3 aromatic heterocycles. The van der Waals surface area contributed by atoms with Crippen LogP contribution in [-0.2, 0) is 11.3 Å². The molecule has 4 heterocycles. The summed E-state index contributed by atoms with van der Waals surface area (Å²) in [5.74, 6) is 1.25. The molecular formula is C15H17N5O5. The molecule has 10 nitrogen and oxygen atoms in total. The lowest BCUT2D eigenvalue weighted by molar-refractivity contribution is -0.0511. The summed E-state index contributed by atoms with van der Waals surface area (Å²) in [6.45, 7) is 0.0338. The Morgan fingerprint density at radius 1 is 1.20 bits per heavy atom. The molecule has 1 saturated heterocycles. The Morgan fingerprint density at radius 2 is 2.08 bits per heavy atom. The molecule has 25 heavy (non-hydrogen) atoms. The summed E-state index contributed by atoms with van der Waals surface area (Å²) in [6.07, 6.45) is 0.253. The fourth-order valence-electron chi connectivity index (χ4n) is 2.86. The molecule has 1 aliphatic rings. The second kappa shape index (κ2) is 6.41. The van der Waals surface area contributed by atoms with Gasteiger partial charge in [-0.1, -0.05) is 0 Å². The molecule has 0 spiro atoms. The van der Waals surface area contributed by atoms with Crippen molar-refractivity contribution in [1.82, 2.24) is 19.5 Å². The van der Waals surface area contributed by atoms with E-state index in [4.69, 9.17) is 9.15 Å². The van der Waals surface area contributed by atoms with Gasteiger partial charge < -0.3 is 29.8 Å². The van der Waals surface area contributed by atoms with Crippen LogP contribution in [0.15, 0.2) is 35.5 Å². The van der Waals surface area contributed by atoms with Crippen molar-refractivity contribution in [2.24, 2.45) is 0 Å². The van der Waals surface area contributed by atoms with Crippen LogP contribution in [0.1, 0.15) is 12.0 Å². The second-order valence-electron chi connectivity index (χ2n) is 5.71. The van der Waals surface area contributed by atoms with Crippen molar-refractivity contribution >= 4 is 17.0 Å². The van der Waals surface area contributed by atoms with Crippen LogP contribution in [0.25, 0.3) is 11.2 Å². The number of nitrogens with one attached hydrogen (secondary N) is 1. The predicted molar refractivity (Wildman–Crippen MR) is 84.4 cm³/mol. The van der Waals surface area contributed by atoms with Crippen LogP contribution in [0.3, 0.4) is 0 Å². The number of hydrogen-bond donors (Lipinski definition) is 4. The minimum atomic E-state index is -1.20. The van der Waals surface area contributed by atoms with Gasteiger partial charge in [0.05, 0.1) is 25.7 Å². The monoisotopic (exact) mass is 347 g/mol. The molecule has 0 aromatic carbocycles. The molecule has 4 N–H and O–H groups in total. The number of rotatable bonds is 5. The standard InChI is InChI=1S/C15H17N5O5/c21-5-9-11(22)12(23)15(25-9)20-7-19-10-13(17-6-18-14(10)20)16-4-8-2-1-3-24-8/h1-3,6-7,9,11-12,15,21-23H,4-5H2,(H,16,17,18)/t9-,11?,12?,15-/m1/s1. The summed E-state index contributed by atoms with van der Waals surface area (Å²) in [6, 6.07) is 3.63. The van der Waals surface area contributed by atoms with E-state index in [0.717, 1.165) is 5.76 Å². The Bertz CT molecular complexity index is 851. The van der Waals surface area contributed by atoms with Crippen molar-refractivity contribution in [3.63, 3.8) is 0 Å². The highest BCUT2D eigenvalue weighted by atomic mass is 16.6. The molecule has 1 fully saturated rings. The number of aromatic nitrogens is 4. The highest BCUT2D eigenvalue weighted by molar-refractivity contribution is 5.82. The van der Waals surface area contributed by atoms with Gasteiger partial charge in [-0.2, -0.15) is 0 Å². The van der Waals surface area contributed by atoms with Gasteiger partial charge in [0.2, 0.25) is 0 Å². The van der Waals surface area contributed by atoms with Crippen LogP contribution in [0.2, 0.25) is 0 Å². The van der Waals surface area contributed by atoms with Crippen molar-refractivity contribution in [1.29, 1.82) is 0 Å². The Labute approximate surface area is 141 Å². The van der Waals surface area contributed by atoms with Gasteiger partial charge in [0.15, 0.2) is 23.2 Å². The fraction of sp³-hybridized carbons (Fsp3) is 0.400. The summed E-state index contributed by atoms with van der Waals surface area (Å²) in [5, 5.41) is 32.4. The van der Waals surface area contributed by atoms with E-state index in [1.54, 1.807) is 12.3 Å².